The molecule has 5 heteroatoms. The minimum absolute atomic E-state index is 0.0757. The van der Waals surface area contributed by atoms with Crippen LogP contribution < -0.4 is 0 Å². The maximum atomic E-state index is 10.1. The predicted molar refractivity (Wildman–Crippen MR) is 118 cm³/mol. The molecule has 1 fully saturated rings. The van der Waals surface area contributed by atoms with Gasteiger partial charge in [0.1, 0.15) is 5.76 Å². The Morgan fingerprint density at radius 2 is 1.93 bits per heavy atom. The topological polar surface area (TPSA) is 49.5 Å². The summed E-state index contributed by atoms with van der Waals surface area (Å²) < 4.78 is 5.89. The van der Waals surface area contributed by atoms with Crippen LogP contribution in [0.4, 0.5) is 0 Å². The number of piperidine rings is 1. The summed E-state index contributed by atoms with van der Waals surface area (Å²) in [4.78, 5) is 8.27. The van der Waals surface area contributed by atoms with Crippen molar-refractivity contribution in [3.05, 3.63) is 64.9 Å². The summed E-state index contributed by atoms with van der Waals surface area (Å²) >= 11 is 1.66. The predicted octanol–water partition coefficient (Wildman–Crippen LogP) is 5.31. The molecule has 0 radical (unpaired) electrons. The molecule has 154 valence electrons. The van der Waals surface area contributed by atoms with Crippen LogP contribution in [0, 0.1) is 12.3 Å². The summed E-state index contributed by atoms with van der Waals surface area (Å²) in [5.41, 5.74) is 2.50. The Hall–Kier alpha value is -1.95. The minimum atomic E-state index is 0.0757. The van der Waals surface area contributed by atoms with E-state index in [-0.39, 0.29) is 5.41 Å². The van der Waals surface area contributed by atoms with Crippen LogP contribution in [0.3, 0.4) is 0 Å². The molecule has 4 rings (SSSR count). The van der Waals surface area contributed by atoms with Crippen molar-refractivity contribution < 1.29 is 9.52 Å². The van der Waals surface area contributed by atoms with Gasteiger partial charge < -0.3 is 9.52 Å². The van der Waals surface area contributed by atoms with Crippen LogP contribution in [-0.2, 0) is 13.0 Å². The van der Waals surface area contributed by atoms with Crippen molar-refractivity contribution in [3.8, 4) is 10.8 Å². The first-order valence-electron chi connectivity index (χ1n) is 10.5. The van der Waals surface area contributed by atoms with E-state index in [1.807, 2.05) is 24.4 Å². The third-order valence-corrected chi connectivity index (χ3v) is 7.12. The molecule has 3 heterocycles. The Kier molecular flexibility index (Phi) is 6.48. The molecule has 1 aliphatic rings. The van der Waals surface area contributed by atoms with Gasteiger partial charge in [-0.1, -0.05) is 36.4 Å². The van der Waals surface area contributed by atoms with E-state index >= 15 is 0 Å². The molecular formula is C24H30N2O2S. The Morgan fingerprint density at radius 1 is 1.14 bits per heavy atom. The minimum Gasteiger partial charge on any atom is -0.440 e. The molecule has 4 nitrogen and oxygen atoms in total. The number of aromatic nitrogens is 1. The van der Waals surface area contributed by atoms with Crippen LogP contribution in [0.1, 0.15) is 42.7 Å². The monoisotopic (exact) mass is 410 g/mol. The molecule has 0 spiro atoms. The Bertz CT molecular complexity index is 881. The van der Waals surface area contributed by atoms with Gasteiger partial charge in [-0.2, -0.15) is 0 Å². The lowest BCUT2D eigenvalue weighted by Gasteiger charge is -2.40. The molecule has 0 atom stereocenters. The zero-order valence-corrected chi connectivity index (χ0v) is 18.0. The number of benzene rings is 1. The van der Waals surface area contributed by atoms with Crippen LogP contribution in [0.25, 0.3) is 10.8 Å². The second kappa shape index (κ2) is 9.24. The van der Waals surface area contributed by atoms with Gasteiger partial charge in [0.2, 0.25) is 5.89 Å². The molecule has 1 aliphatic heterocycles. The second-order valence-electron chi connectivity index (χ2n) is 8.27. The number of aliphatic hydroxyl groups excluding tert-OH is 1. The number of aryl methyl sites for hydroxylation is 2. The first-order valence-corrected chi connectivity index (χ1v) is 11.4. The molecule has 3 aromatic rings. The zero-order valence-electron chi connectivity index (χ0n) is 17.1. The first kappa shape index (κ1) is 20.3. The van der Waals surface area contributed by atoms with E-state index in [1.54, 1.807) is 11.3 Å². The summed E-state index contributed by atoms with van der Waals surface area (Å²) in [7, 11) is 0. The van der Waals surface area contributed by atoms with E-state index < -0.39 is 0 Å². The van der Waals surface area contributed by atoms with Gasteiger partial charge >= 0.3 is 0 Å². The lowest BCUT2D eigenvalue weighted by molar-refractivity contribution is 0.0325. The number of nitrogens with zero attached hydrogens (tertiary/aromatic N) is 2. The van der Waals surface area contributed by atoms with E-state index in [9.17, 15) is 5.11 Å². The molecule has 0 amide bonds. The molecular weight excluding hydrogens is 380 g/mol. The lowest BCUT2D eigenvalue weighted by atomic mass is 9.75. The van der Waals surface area contributed by atoms with E-state index in [0.717, 1.165) is 74.0 Å². The maximum absolute atomic E-state index is 10.1. The van der Waals surface area contributed by atoms with Gasteiger partial charge in [0.15, 0.2) is 0 Å². The summed E-state index contributed by atoms with van der Waals surface area (Å²) in [6.07, 6.45) is 5.42. The van der Waals surface area contributed by atoms with Crippen molar-refractivity contribution in [2.45, 2.75) is 45.6 Å². The van der Waals surface area contributed by atoms with Crippen molar-refractivity contribution in [2.24, 2.45) is 5.41 Å². The molecule has 1 N–H and O–H groups in total. The highest BCUT2D eigenvalue weighted by atomic mass is 32.1. The molecule has 0 saturated carbocycles. The van der Waals surface area contributed by atoms with Crippen LogP contribution in [0.5, 0.6) is 0 Å². The maximum Gasteiger partial charge on any atom is 0.236 e. The third kappa shape index (κ3) is 4.97. The summed E-state index contributed by atoms with van der Waals surface area (Å²) in [6, 6.07) is 14.7. The van der Waals surface area contributed by atoms with Gasteiger partial charge in [-0.25, -0.2) is 4.98 Å². The van der Waals surface area contributed by atoms with Crippen molar-refractivity contribution in [1.82, 2.24) is 9.88 Å². The average molecular weight is 411 g/mol. The number of rotatable bonds is 8. The third-order valence-electron chi connectivity index (χ3n) is 6.27. The van der Waals surface area contributed by atoms with Crippen molar-refractivity contribution in [3.63, 3.8) is 0 Å². The van der Waals surface area contributed by atoms with Crippen LogP contribution in [0.15, 0.2) is 52.3 Å². The molecule has 0 unspecified atom stereocenters. The smallest absolute Gasteiger partial charge is 0.236 e. The fourth-order valence-corrected chi connectivity index (χ4v) is 4.93. The van der Waals surface area contributed by atoms with Gasteiger partial charge in [-0.05, 0) is 74.5 Å². The number of oxazole rings is 1. The lowest BCUT2D eigenvalue weighted by Crippen LogP contribution is -2.41. The first-order chi connectivity index (χ1) is 14.2. The Labute approximate surface area is 177 Å². The molecule has 1 saturated heterocycles. The standard InChI is InChI=1S/C24H30N2O2S/c1-19-21(25-23(28-19)22-10-6-16-29-22)17-26-14-12-24(18-27,13-15-26)11-5-9-20-7-3-2-4-8-20/h2-4,6-8,10,16,27H,5,9,11-15,17-18H2,1H3. The SMILES string of the molecule is Cc1oc(-c2cccs2)nc1CN1CCC(CO)(CCCc2ccccc2)CC1. The number of aliphatic hydroxyl groups is 1. The van der Waals surface area contributed by atoms with Gasteiger partial charge in [-0.3, -0.25) is 4.90 Å². The van der Waals surface area contributed by atoms with Crippen molar-refractivity contribution in [2.75, 3.05) is 19.7 Å². The van der Waals surface area contributed by atoms with E-state index in [0.29, 0.717) is 6.61 Å². The molecule has 2 aromatic heterocycles. The van der Waals surface area contributed by atoms with Crippen LogP contribution >= 0.6 is 11.3 Å². The quantitative estimate of drug-likeness (QED) is 0.547. The van der Waals surface area contributed by atoms with Crippen molar-refractivity contribution in [1.29, 1.82) is 0 Å². The van der Waals surface area contributed by atoms with E-state index in [1.165, 1.54) is 5.56 Å². The molecule has 0 bridgehead atoms. The number of hydrogen-bond acceptors (Lipinski definition) is 5. The van der Waals surface area contributed by atoms with Crippen LogP contribution in [0.2, 0.25) is 0 Å². The zero-order chi connectivity index (χ0) is 20.1. The highest BCUT2D eigenvalue weighted by molar-refractivity contribution is 7.13. The van der Waals surface area contributed by atoms with Crippen LogP contribution in [-0.4, -0.2) is 34.7 Å². The number of likely N-dealkylation sites (tertiary alicyclic amines) is 1. The summed E-state index contributed by atoms with van der Waals surface area (Å²) in [6.45, 7) is 5.14. The normalized spacial score (nSPS) is 16.9. The highest BCUT2D eigenvalue weighted by Crippen LogP contribution is 2.37. The molecule has 29 heavy (non-hydrogen) atoms. The van der Waals surface area contributed by atoms with Gasteiger partial charge in [0, 0.05) is 13.2 Å². The van der Waals surface area contributed by atoms with Gasteiger partial charge in [-0.15, -0.1) is 11.3 Å². The fraction of sp³-hybridized carbons (Fsp3) is 0.458. The van der Waals surface area contributed by atoms with E-state index in [2.05, 4.69) is 35.2 Å². The molecule has 1 aromatic carbocycles. The van der Waals surface area contributed by atoms with Gasteiger partial charge in [0.05, 0.1) is 10.6 Å². The Balaban J connectivity index is 1.30. The van der Waals surface area contributed by atoms with Gasteiger partial charge in [0.25, 0.3) is 0 Å². The fourth-order valence-electron chi connectivity index (χ4n) is 4.28. The largest absolute Gasteiger partial charge is 0.440 e. The van der Waals surface area contributed by atoms with Crippen molar-refractivity contribution >= 4 is 11.3 Å². The Morgan fingerprint density at radius 3 is 2.62 bits per heavy atom. The second-order valence-corrected chi connectivity index (χ2v) is 9.22. The average Bonchev–Trinajstić information content (AvgIpc) is 3.41. The van der Waals surface area contributed by atoms with E-state index in [4.69, 9.17) is 9.40 Å². The summed E-state index contributed by atoms with van der Waals surface area (Å²) in [5.74, 6) is 1.64. The molecule has 0 aliphatic carbocycles. The highest BCUT2D eigenvalue weighted by Gasteiger charge is 2.34. The summed E-state index contributed by atoms with van der Waals surface area (Å²) in [5, 5.41) is 12.2. The number of thiophene rings is 1. The number of hydrogen-bond donors (Lipinski definition) is 1.